The minimum absolute atomic E-state index is 0.0104. The van der Waals surface area contributed by atoms with E-state index in [4.69, 9.17) is 33.2 Å². The van der Waals surface area contributed by atoms with Gasteiger partial charge >= 0.3 is 17.9 Å². The van der Waals surface area contributed by atoms with Gasteiger partial charge in [-0.2, -0.15) is 0 Å². The lowest BCUT2D eigenvalue weighted by atomic mass is 9.47. The summed E-state index contributed by atoms with van der Waals surface area (Å²) in [5.74, 6) is -1.42. The Kier molecular flexibility index (Phi) is 4.57. The molecule has 1 aromatic heterocycles. The van der Waals surface area contributed by atoms with Crippen molar-refractivity contribution in [3.05, 3.63) is 17.4 Å². The van der Waals surface area contributed by atoms with Crippen LogP contribution in [0.25, 0.3) is 0 Å². The van der Waals surface area contributed by atoms with E-state index < -0.39 is 34.8 Å². The number of esters is 2. The Morgan fingerprint density at radius 3 is 2.65 bits per heavy atom. The predicted octanol–water partition coefficient (Wildman–Crippen LogP) is 2.89. The number of ether oxygens (including phenoxy) is 5. The van der Waals surface area contributed by atoms with Crippen LogP contribution in [0.4, 0.5) is 0 Å². The van der Waals surface area contributed by atoms with E-state index >= 15 is 0 Å². The molecule has 0 unspecified atom stereocenters. The molecule has 6 aliphatic rings. The third kappa shape index (κ3) is 2.69. The number of fused-ring (bicyclic) bond motifs is 5. The molecule has 0 radical (unpaired) electrons. The third-order valence-corrected chi connectivity index (χ3v) is 10.2. The maximum atomic E-state index is 12.3. The summed E-state index contributed by atoms with van der Waals surface area (Å²) >= 11 is 0. The molecule has 5 fully saturated rings. The first-order chi connectivity index (χ1) is 17.5. The lowest BCUT2D eigenvalue weighted by Crippen LogP contribution is -2.69. The third-order valence-electron chi connectivity index (χ3n) is 10.2. The molecule has 0 bridgehead atoms. The van der Waals surface area contributed by atoms with Crippen molar-refractivity contribution in [2.24, 2.45) is 11.3 Å². The first-order valence-electron chi connectivity index (χ1n) is 13.3. The van der Waals surface area contributed by atoms with Crippen molar-refractivity contribution in [3.63, 3.8) is 0 Å². The summed E-state index contributed by atoms with van der Waals surface area (Å²) in [4.78, 5) is 35.3. The Morgan fingerprint density at radius 2 is 1.95 bits per heavy atom. The quantitative estimate of drug-likeness (QED) is 0.425. The van der Waals surface area contributed by atoms with Gasteiger partial charge in [0, 0.05) is 36.3 Å². The molecular formula is C27H32O10. The Morgan fingerprint density at radius 1 is 1.16 bits per heavy atom. The van der Waals surface area contributed by atoms with Crippen molar-refractivity contribution in [1.29, 1.82) is 0 Å². The van der Waals surface area contributed by atoms with E-state index in [-0.39, 0.29) is 66.7 Å². The van der Waals surface area contributed by atoms with Gasteiger partial charge in [-0.15, -0.1) is 0 Å². The van der Waals surface area contributed by atoms with Crippen molar-refractivity contribution in [2.75, 3.05) is 0 Å². The van der Waals surface area contributed by atoms with Crippen molar-refractivity contribution in [2.45, 2.75) is 113 Å². The van der Waals surface area contributed by atoms with E-state index in [1.807, 2.05) is 0 Å². The Bertz CT molecular complexity index is 1220. The molecule has 200 valence electrons. The first-order valence-corrected chi connectivity index (χ1v) is 13.3. The summed E-state index contributed by atoms with van der Waals surface area (Å²) in [5.41, 5.74) is -0.398. The number of furan rings is 1. The Balaban J connectivity index is 1.20. The van der Waals surface area contributed by atoms with E-state index in [0.29, 0.717) is 12.8 Å². The predicted molar refractivity (Wildman–Crippen MR) is 123 cm³/mol. The summed E-state index contributed by atoms with van der Waals surface area (Å²) in [7, 11) is 0. The van der Waals surface area contributed by atoms with E-state index in [1.165, 1.54) is 6.92 Å². The van der Waals surface area contributed by atoms with Crippen LogP contribution >= 0.6 is 0 Å². The molecule has 10 heteroatoms. The monoisotopic (exact) mass is 516 g/mol. The highest BCUT2D eigenvalue weighted by Gasteiger charge is 3.01. The van der Waals surface area contributed by atoms with Crippen LogP contribution in [0.15, 0.2) is 10.7 Å². The number of carbonyl (C=O) groups excluding carboxylic acids is 2. The number of rotatable bonds is 7. The lowest BCUT2D eigenvalue weighted by Gasteiger charge is -2.53. The summed E-state index contributed by atoms with van der Waals surface area (Å²) in [5, 5.41) is 8.80. The van der Waals surface area contributed by atoms with Gasteiger partial charge in [0.15, 0.2) is 11.7 Å². The molecule has 2 saturated carbocycles. The number of hydrogen-bond acceptors (Lipinski definition) is 9. The normalized spacial score (nSPS) is 45.3. The molecule has 37 heavy (non-hydrogen) atoms. The largest absolute Gasteiger partial charge is 0.481 e. The Labute approximate surface area is 213 Å². The van der Waals surface area contributed by atoms with E-state index in [0.717, 1.165) is 17.5 Å². The highest BCUT2D eigenvalue weighted by atomic mass is 16.8. The highest BCUT2D eigenvalue weighted by Crippen LogP contribution is 2.83. The topological polar surface area (TPSA) is 141 Å². The van der Waals surface area contributed by atoms with Gasteiger partial charge in [0.25, 0.3) is 5.95 Å². The maximum absolute atomic E-state index is 12.3. The zero-order valence-electron chi connectivity index (χ0n) is 21.4. The minimum atomic E-state index is -0.945. The van der Waals surface area contributed by atoms with Gasteiger partial charge in [0.2, 0.25) is 0 Å². The Hall–Kier alpha value is -2.43. The molecular weight excluding hydrogens is 484 g/mol. The van der Waals surface area contributed by atoms with E-state index in [9.17, 15) is 14.4 Å². The van der Waals surface area contributed by atoms with Crippen molar-refractivity contribution in [1.82, 2.24) is 0 Å². The van der Waals surface area contributed by atoms with Crippen LogP contribution in [0.5, 0.6) is 5.95 Å². The summed E-state index contributed by atoms with van der Waals surface area (Å²) in [6.45, 7) is 7.86. The zero-order chi connectivity index (χ0) is 26.1. The highest BCUT2D eigenvalue weighted by molar-refractivity contribution is 5.73. The second-order valence-electron chi connectivity index (χ2n) is 12.1. The molecule has 3 saturated heterocycles. The molecule has 0 aromatic carbocycles. The standard InChI is InChI=1S/C27H32O10/c1-12(2)25-20(36-25)21-27(37-21)24(4)9-8-14-15(11-32-22(14)34-19(31)7-5-6-18(29)30)16(24)10-17-26(27,35-17)23(25)33-13(3)28/h11-12,16-17,20-21,23H,5-10H2,1-4H3,(H,29,30)/t16-,17-,20-,21-,23+,24-,25-,26+,27+/m0/s1. The molecule has 1 aromatic rings. The average molecular weight is 517 g/mol. The first kappa shape index (κ1) is 23.7. The lowest BCUT2D eigenvalue weighted by molar-refractivity contribution is -0.166. The van der Waals surface area contributed by atoms with E-state index in [1.54, 1.807) is 6.26 Å². The average Bonchev–Trinajstić information content (AvgIpc) is 3.72. The fourth-order valence-corrected chi connectivity index (χ4v) is 8.47. The van der Waals surface area contributed by atoms with Gasteiger partial charge in [-0.1, -0.05) is 20.8 Å². The van der Waals surface area contributed by atoms with Gasteiger partial charge in [-0.3, -0.25) is 14.4 Å². The molecule has 0 amide bonds. The molecule has 3 aliphatic carbocycles. The number of carbonyl (C=O) groups is 3. The molecule has 2 spiro atoms. The van der Waals surface area contributed by atoms with Gasteiger partial charge in [-0.05, 0) is 37.5 Å². The van der Waals surface area contributed by atoms with Gasteiger partial charge in [-0.25, -0.2) is 0 Å². The van der Waals surface area contributed by atoms with Crippen molar-refractivity contribution in [3.8, 4) is 5.95 Å². The van der Waals surface area contributed by atoms with Crippen LogP contribution in [0.2, 0.25) is 0 Å². The molecule has 4 heterocycles. The van der Waals surface area contributed by atoms with Crippen LogP contribution in [-0.4, -0.2) is 64.2 Å². The van der Waals surface area contributed by atoms with Crippen LogP contribution < -0.4 is 4.74 Å². The second-order valence-corrected chi connectivity index (χ2v) is 12.1. The number of epoxide rings is 3. The van der Waals surface area contributed by atoms with Gasteiger partial charge < -0.3 is 33.2 Å². The van der Waals surface area contributed by atoms with E-state index in [2.05, 4.69) is 20.8 Å². The fraction of sp³-hybridized carbons (Fsp3) is 0.741. The van der Waals surface area contributed by atoms with Gasteiger partial charge in [0.1, 0.15) is 23.4 Å². The maximum Gasteiger partial charge on any atom is 0.313 e. The molecule has 7 rings (SSSR count). The van der Waals surface area contributed by atoms with Gasteiger partial charge in [0.05, 0.1) is 12.4 Å². The van der Waals surface area contributed by atoms with Crippen LogP contribution in [-0.2, 0) is 39.8 Å². The summed E-state index contributed by atoms with van der Waals surface area (Å²) < 4.78 is 36.9. The smallest absolute Gasteiger partial charge is 0.313 e. The van der Waals surface area contributed by atoms with Crippen molar-refractivity contribution >= 4 is 17.9 Å². The molecule has 1 N–H and O–H groups in total. The fourth-order valence-electron chi connectivity index (χ4n) is 8.47. The number of aliphatic carboxylic acids is 1. The SMILES string of the molecule is CC(=O)O[C@@H]1[C@@]2(C(C)C)O[C@H]2[C@@H]2O[C@]23[C@]12O[C@H]2C[C@H]1c2coc(OC(=O)CCCC(=O)O)c2CC[C@@]13C. The molecule has 3 aliphatic heterocycles. The van der Waals surface area contributed by atoms with Crippen LogP contribution in [0.1, 0.15) is 76.8 Å². The number of hydrogen-bond donors (Lipinski definition) is 1. The summed E-state index contributed by atoms with van der Waals surface area (Å²) in [6, 6.07) is 0. The zero-order valence-corrected chi connectivity index (χ0v) is 21.4. The minimum Gasteiger partial charge on any atom is -0.481 e. The number of carboxylic acids is 1. The second kappa shape index (κ2) is 7.15. The van der Waals surface area contributed by atoms with Crippen LogP contribution in [0, 0.1) is 11.3 Å². The molecule has 9 atom stereocenters. The molecule has 10 nitrogen and oxygen atoms in total. The summed E-state index contributed by atoms with van der Waals surface area (Å²) in [6.07, 6.45) is 2.97. The van der Waals surface area contributed by atoms with Crippen molar-refractivity contribution < 1.29 is 47.6 Å². The van der Waals surface area contributed by atoms with Crippen LogP contribution in [0.3, 0.4) is 0 Å². The number of carboxylic acid groups (broad SMARTS) is 1.